The van der Waals surface area contributed by atoms with Crippen LogP contribution in [0.25, 0.3) is 0 Å². The van der Waals surface area contributed by atoms with Gasteiger partial charge in [0.1, 0.15) is 0 Å². The summed E-state index contributed by atoms with van der Waals surface area (Å²) in [5.41, 5.74) is 1.97. The zero-order valence-electron chi connectivity index (χ0n) is 4.81. The maximum absolute atomic E-state index is 8.52. The molecule has 0 saturated carbocycles. The van der Waals surface area contributed by atoms with Crippen LogP contribution in [0.1, 0.15) is 11.4 Å². The van der Waals surface area contributed by atoms with Gasteiger partial charge in [-0.25, -0.2) is 0 Å². The molecule has 0 bridgehead atoms. The van der Waals surface area contributed by atoms with Crippen molar-refractivity contribution >= 4 is 0 Å². The van der Waals surface area contributed by atoms with E-state index in [-0.39, 0.29) is 6.61 Å². The highest BCUT2D eigenvalue weighted by molar-refractivity contribution is 5.10. The number of aromatic nitrogens is 1. The second-order valence-corrected chi connectivity index (χ2v) is 1.82. The number of rotatable bonds is 1. The summed E-state index contributed by atoms with van der Waals surface area (Å²) in [5, 5.41) is 8.52. The Kier molecular flexibility index (Phi) is 1.35. The summed E-state index contributed by atoms with van der Waals surface area (Å²) in [5.74, 6) is 0. The number of aryl methyl sites for hydroxylation is 1. The minimum Gasteiger partial charge on any atom is -0.390 e. The minimum atomic E-state index is 0.105. The van der Waals surface area contributed by atoms with Crippen LogP contribution in [0.3, 0.4) is 0 Å². The first kappa shape index (κ1) is 5.38. The summed E-state index contributed by atoms with van der Waals surface area (Å²) < 4.78 is 0. The number of hydrogen-bond donors (Lipinski definition) is 2. The maximum Gasteiger partial charge on any atom is 0.0830 e. The molecular formula is C6H9NO. The predicted octanol–water partition coefficient (Wildman–Crippen LogP) is 0.815. The summed E-state index contributed by atoms with van der Waals surface area (Å²) >= 11 is 0. The minimum absolute atomic E-state index is 0.105. The molecule has 1 heterocycles. The van der Waals surface area contributed by atoms with Crippen LogP contribution in [-0.4, -0.2) is 10.1 Å². The lowest BCUT2D eigenvalue weighted by atomic mass is 10.4. The van der Waals surface area contributed by atoms with Crippen molar-refractivity contribution in [2.75, 3.05) is 0 Å². The molecule has 1 aromatic heterocycles. The summed E-state index contributed by atoms with van der Waals surface area (Å²) in [6.45, 7) is 2.06. The fourth-order valence-electron chi connectivity index (χ4n) is 0.654. The molecule has 2 nitrogen and oxygen atoms in total. The van der Waals surface area contributed by atoms with Crippen molar-refractivity contribution in [3.8, 4) is 0 Å². The van der Waals surface area contributed by atoms with Crippen LogP contribution in [-0.2, 0) is 6.61 Å². The van der Waals surface area contributed by atoms with Gasteiger partial charge in [0, 0.05) is 11.4 Å². The van der Waals surface area contributed by atoms with Crippen LogP contribution in [0.2, 0.25) is 0 Å². The highest BCUT2D eigenvalue weighted by atomic mass is 16.3. The first-order valence-corrected chi connectivity index (χ1v) is 2.58. The molecule has 0 fully saturated rings. The van der Waals surface area contributed by atoms with E-state index in [0.717, 1.165) is 11.4 Å². The van der Waals surface area contributed by atoms with E-state index < -0.39 is 0 Å². The number of aliphatic hydroxyl groups is 1. The zero-order valence-corrected chi connectivity index (χ0v) is 4.81. The normalized spacial score (nSPS) is 9.75. The molecule has 0 spiro atoms. The second kappa shape index (κ2) is 2.01. The lowest BCUT2D eigenvalue weighted by molar-refractivity contribution is 0.277. The molecule has 0 aliphatic rings. The third kappa shape index (κ3) is 0.898. The van der Waals surface area contributed by atoms with Gasteiger partial charge in [0.05, 0.1) is 6.61 Å². The second-order valence-electron chi connectivity index (χ2n) is 1.82. The Morgan fingerprint density at radius 2 is 2.38 bits per heavy atom. The Labute approximate surface area is 48.2 Å². The van der Waals surface area contributed by atoms with Gasteiger partial charge >= 0.3 is 0 Å². The molecule has 0 aromatic carbocycles. The van der Waals surface area contributed by atoms with Crippen molar-refractivity contribution in [3.63, 3.8) is 0 Å². The molecule has 8 heavy (non-hydrogen) atoms. The van der Waals surface area contributed by atoms with Gasteiger partial charge in [-0.15, -0.1) is 0 Å². The monoisotopic (exact) mass is 111 g/mol. The molecule has 0 unspecified atom stereocenters. The van der Waals surface area contributed by atoms with Crippen LogP contribution < -0.4 is 0 Å². The summed E-state index contributed by atoms with van der Waals surface area (Å²) in [6.07, 6.45) is 0. The number of aromatic amines is 1. The van der Waals surface area contributed by atoms with E-state index in [0.29, 0.717) is 0 Å². The number of H-pyrrole nitrogens is 1. The van der Waals surface area contributed by atoms with Crippen LogP contribution >= 0.6 is 0 Å². The average molecular weight is 111 g/mol. The van der Waals surface area contributed by atoms with Crippen LogP contribution in [0.15, 0.2) is 12.1 Å². The number of hydrogen-bond acceptors (Lipinski definition) is 1. The zero-order chi connectivity index (χ0) is 5.98. The van der Waals surface area contributed by atoms with Crippen LogP contribution in [0.5, 0.6) is 0 Å². The molecule has 1 aromatic rings. The van der Waals surface area contributed by atoms with Gasteiger partial charge in [-0.3, -0.25) is 0 Å². The maximum atomic E-state index is 8.52. The lowest BCUT2D eigenvalue weighted by Gasteiger charge is -1.84. The Bertz CT molecular complexity index is 169. The fraction of sp³-hybridized carbons (Fsp3) is 0.333. The van der Waals surface area contributed by atoms with Crippen LogP contribution in [0, 0.1) is 6.92 Å². The third-order valence-electron chi connectivity index (χ3n) is 1.06. The molecule has 1 rings (SSSR count). The Balaban J connectivity index is 2.84. The van der Waals surface area contributed by atoms with E-state index in [1.165, 1.54) is 0 Å². The standard InChI is InChI=1S/C6H9NO/c1-5-2-3-6(4-8)7-5/h2-3,7-8H,4H2,1H3. The van der Waals surface area contributed by atoms with Crippen LogP contribution in [0.4, 0.5) is 0 Å². The van der Waals surface area contributed by atoms with Gasteiger partial charge in [-0.05, 0) is 19.1 Å². The van der Waals surface area contributed by atoms with Crippen molar-refractivity contribution in [2.45, 2.75) is 13.5 Å². The molecule has 0 atom stereocenters. The summed E-state index contributed by atoms with van der Waals surface area (Å²) in [4.78, 5) is 2.98. The highest BCUT2D eigenvalue weighted by Crippen LogP contribution is 1.97. The SMILES string of the molecule is Cc1ccc(CO)[nH]1. The smallest absolute Gasteiger partial charge is 0.0830 e. The molecule has 0 amide bonds. The van der Waals surface area contributed by atoms with Gasteiger partial charge in [-0.1, -0.05) is 0 Å². The lowest BCUT2D eigenvalue weighted by Crippen LogP contribution is -1.80. The van der Waals surface area contributed by atoms with E-state index >= 15 is 0 Å². The van der Waals surface area contributed by atoms with E-state index in [4.69, 9.17) is 5.11 Å². The topological polar surface area (TPSA) is 36.0 Å². The molecule has 0 saturated heterocycles. The summed E-state index contributed by atoms with van der Waals surface area (Å²) in [6, 6.07) is 3.81. The highest BCUT2D eigenvalue weighted by Gasteiger charge is 1.88. The molecule has 2 N–H and O–H groups in total. The van der Waals surface area contributed by atoms with Crippen molar-refractivity contribution in [2.24, 2.45) is 0 Å². The van der Waals surface area contributed by atoms with E-state index in [1.54, 1.807) is 0 Å². The molecule has 0 aliphatic heterocycles. The van der Waals surface area contributed by atoms with Crippen molar-refractivity contribution in [1.29, 1.82) is 0 Å². The average Bonchev–Trinajstić information content (AvgIpc) is 2.14. The molecule has 0 radical (unpaired) electrons. The number of aliphatic hydroxyl groups excluding tert-OH is 1. The number of nitrogens with one attached hydrogen (secondary N) is 1. The summed E-state index contributed by atoms with van der Waals surface area (Å²) in [7, 11) is 0. The Morgan fingerprint density at radius 3 is 2.62 bits per heavy atom. The van der Waals surface area contributed by atoms with Gasteiger partial charge in [-0.2, -0.15) is 0 Å². The van der Waals surface area contributed by atoms with Crippen molar-refractivity contribution in [3.05, 3.63) is 23.5 Å². The van der Waals surface area contributed by atoms with Gasteiger partial charge < -0.3 is 10.1 Å². The third-order valence-corrected chi connectivity index (χ3v) is 1.06. The molecule has 0 aliphatic carbocycles. The van der Waals surface area contributed by atoms with Crippen molar-refractivity contribution in [1.82, 2.24) is 4.98 Å². The largest absolute Gasteiger partial charge is 0.390 e. The fourth-order valence-corrected chi connectivity index (χ4v) is 0.654. The quantitative estimate of drug-likeness (QED) is 0.553. The Morgan fingerprint density at radius 1 is 1.62 bits per heavy atom. The van der Waals surface area contributed by atoms with Crippen molar-refractivity contribution < 1.29 is 5.11 Å². The van der Waals surface area contributed by atoms with Gasteiger partial charge in [0.15, 0.2) is 0 Å². The van der Waals surface area contributed by atoms with Gasteiger partial charge in [0.25, 0.3) is 0 Å². The van der Waals surface area contributed by atoms with E-state index in [2.05, 4.69) is 4.98 Å². The van der Waals surface area contributed by atoms with Gasteiger partial charge in [0.2, 0.25) is 0 Å². The molecule has 44 valence electrons. The van der Waals surface area contributed by atoms with E-state index in [9.17, 15) is 0 Å². The first-order valence-electron chi connectivity index (χ1n) is 2.58. The van der Waals surface area contributed by atoms with E-state index in [1.807, 2.05) is 19.1 Å². The molecular weight excluding hydrogens is 102 g/mol. The molecule has 2 heteroatoms. The Hall–Kier alpha value is -0.760. The first-order chi connectivity index (χ1) is 3.83. The predicted molar refractivity (Wildman–Crippen MR) is 31.5 cm³/mol.